The SMILES string of the molecule is CCCCCCCCc1ccccc1OC(C)C(C)O. The van der Waals surface area contributed by atoms with Crippen LogP contribution in [0.2, 0.25) is 0 Å². The normalized spacial score (nSPS) is 14.0. The fraction of sp³-hybridized carbons (Fsp3) is 0.667. The van der Waals surface area contributed by atoms with Crippen LogP contribution < -0.4 is 4.74 Å². The van der Waals surface area contributed by atoms with Crippen molar-refractivity contribution < 1.29 is 9.84 Å². The molecule has 0 spiro atoms. The van der Waals surface area contributed by atoms with Crippen LogP contribution in [0.25, 0.3) is 0 Å². The van der Waals surface area contributed by atoms with Crippen molar-refractivity contribution in [3.8, 4) is 5.75 Å². The Morgan fingerprint density at radius 2 is 1.65 bits per heavy atom. The third kappa shape index (κ3) is 6.42. The number of rotatable bonds is 10. The first-order valence-electron chi connectivity index (χ1n) is 8.07. The number of aliphatic hydroxyl groups excluding tert-OH is 1. The molecule has 2 nitrogen and oxygen atoms in total. The van der Waals surface area contributed by atoms with Crippen LogP contribution in [0.3, 0.4) is 0 Å². The number of aryl methyl sites for hydroxylation is 1. The predicted octanol–water partition coefficient (Wildman–Crippen LogP) is 4.74. The van der Waals surface area contributed by atoms with E-state index in [0.717, 1.165) is 12.2 Å². The Morgan fingerprint density at radius 1 is 1.00 bits per heavy atom. The van der Waals surface area contributed by atoms with Gasteiger partial charge in [0.2, 0.25) is 0 Å². The van der Waals surface area contributed by atoms with Crippen LogP contribution in [0, 0.1) is 0 Å². The molecule has 1 N–H and O–H groups in total. The summed E-state index contributed by atoms with van der Waals surface area (Å²) < 4.78 is 5.85. The van der Waals surface area contributed by atoms with Crippen molar-refractivity contribution in [2.75, 3.05) is 0 Å². The van der Waals surface area contributed by atoms with Crippen LogP contribution in [0.1, 0.15) is 64.9 Å². The summed E-state index contributed by atoms with van der Waals surface area (Å²) in [5, 5.41) is 9.54. The molecule has 0 bridgehead atoms. The highest BCUT2D eigenvalue weighted by Crippen LogP contribution is 2.22. The van der Waals surface area contributed by atoms with E-state index in [1.165, 1.54) is 44.1 Å². The molecule has 0 aromatic heterocycles. The van der Waals surface area contributed by atoms with E-state index in [2.05, 4.69) is 19.1 Å². The van der Waals surface area contributed by atoms with Crippen molar-refractivity contribution in [3.05, 3.63) is 29.8 Å². The maximum Gasteiger partial charge on any atom is 0.123 e. The Bertz CT molecular complexity index is 360. The third-order valence-corrected chi connectivity index (χ3v) is 3.76. The summed E-state index contributed by atoms with van der Waals surface area (Å²) >= 11 is 0. The van der Waals surface area contributed by atoms with Gasteiger partial charge in [0.15, 0.2) is 0 Å². The monoisotopic (exact) mass is 278 g/mol. The highest BCUT2D eigenvalue weighted by molar-refractivity contribution is 5.33. The second kappa shape index (κ2) is 9.82. The first-order chi connectivity index (χ1) is 9.65. The number of hydrogen-bond donors (Lipinski definition) is 1. The van der Waals surface area contributed by atoms with Crippen LogP contribution in [0.5, 0.6) is 5.75 Å². The van der Waals surface area contributed by atoms with Gasteiger partial charge >= 0.3 is 0 Å². The van der Waals surface area contributed by atoms with Crippen LogP contribution in [0.15, 0.2) is 24.3 Å². The Balaban J connectivity index is 2.41. The van der Waals surface area contributed by atoms with Gasteiger partial charge in [0.25, 0.3) is 0 Å². The fourth-order valence-electron chi connectivity index (χ4n) is 2.22. The Hall–Kier alpha value is -1.02. The molecule has 1 aromatic carbocycles. The van der Waals surface area contributed by atoms with E-state index in [-0.39, 0.29) is 6.10 Å². The third-order valence-electron chi connectivity index (χ3n) is 3.76. The van der Waals surface area contributed by atoms with Gasteiger partial charge in [0.1, 0.15) is 11.9 Å². The minimum atomic E-state index is -0.447. The lowest BCUT2D eigenvalue weighted by Crippen LogP contribution is -2.26. The molecule has 0 aliphatic carbocycles. The Kier molecular flexibility index (Phi) is 8.36. The average Bonchev–Trinajstić information content (AvgIpc) is 2.44. The van der Waals surface area contributed by atoms with E-state index in [1.54, 1.807) is 6.92 Å². The summed E-state index contributed by atoms with van der Waals surface area (Å²) in [5.41, 5.74) is 1.26. The molecular formula is C18H30O2. The van der Waals surface area contributed by atoms with Crippen molar-refractivity contribution in [1.29, 1.82) is 0 Å². The minimum absolute atomic E-state index is 0.166. The van der Waals surface area contributed by atoms with Gasteiger partial charge in [-0.05, 0) is 38.3 Å². The van der Waals surface area contributed by atoms with Crippen molar-refractivity contribution in [3.63, 3.8) is 0 Å². The molecule has 1 aromatic rings. The highest BCUT2D eigenvalue weighted by atomic mass is 16.5. The zero-order valence-corrected chi connectivity index (χ0v) is 13.3. The van der Waals surface area contributed by atoms with E-state index < -0.39 is 6.10 Å². The molecule has 20 heavy (non-hydrogen) atoms. The number of ether oxygens (including phenoxy) is 1. The number of benzene rings is 1. The molecule has 114 valence electrons. The zero-order chi connectivity index (χ0) is 14.8. The number of unbranched alkanes of at least 4 members (excludes halogenated alkanes) is 5. The second-order valence-corrected chi connectivity index (χ2v) is 5.69. The van der Waals surface area contributed by atoms with Gasteiger partial charge < -0.3 is 9.84 Å². The van der Waals surface area contributed by atoms with E-state index in [1.807, 2.05) is 19.1 Å². The molecule has 2 atom stereocenters. The first-order valence-corrected chi connectivity index (χ1v) is 8.07. The Labute approximate surface area is 124 Å². The molecule has 2 heteroatoms. The lowest BCUT2D eigenvalue weighted by atomic mass is 10.0. The minimum Gasteiger partial charge on any atom is -0.488 e. The van der Waals surface area contributed by atoms with Crippen LogP contribution in [-0.4, -0.2) is 17.3 Å². The van der Waals surface area contributed by atoms with Crippen molar-refractivity contribution in [1.82, 2.24) is 0 Å². The van der Waals surface area contributed by atoms with Gasteiger partial charge in [-0.3, -0.25) is 0 Å². The number of aliphatic hydroxyl groups is 1. The first kappa shape index (κ1) is 17.0. The quantitative estimate of drug-likeness (QED) is 0.626. The number of para-hydroxylation sites is 1. The highest BCUT2D eigenvalue weighted by Gasteiger charge is 2.12. The summed E-state index contributed by atoms with van der Waals surface area (Å²) in [6, 6.07) is 8.20. The van der Waals surface area contributed by atoms with Crippen LogP contribution in [0.4, 0.5) is 0 Å². The molecule has 0 aliphatic heterocycles. The van der Waals surface area contributed by atoms with Gasteiger partial charge in [-0.2, -0.15) is 0 Å². The predicted molar refractivity (Wildman–Crippen MR) is 85.3 cm³/mol. The van der Waals surface area contributed by atoms with Gasteiger partial charge in [0, 0.05) is 0 Å². The molecule has 0 radical (unpaired) electrons. The summed E-state index contributed by atoms with van der Waals surface area (Å²) in [6.45, 7) is 5.92. The van der Waals surface area contributed by atoms with Crippen molar-refractivity contribution >= 4 is 0 Å². The summed E-state index contributed by atoms with van der Waals surface area (Å²) in [7, 11) is 0. The van der Waals surface area contributed by atoms with E-state index in [9.17, 15) is 5.11 Å². The van der Waals surface area contributed by atoms with E-state index in [4.69, 9.17) is 4.74 Å². The maximum absolute atomic E-state index is 9.54. The van der Waals surface area contributed by atoms with Crippen molar-refractivity contribution in [2.45, 2.75) is 77.9 Å². The molecule has 2 unspecified atom stereocenters. The van der Waals surface area contributed by atoms with E-state index in [0.29, 0.717) is 0 Å². The lowest BCUT2D eigenvalue weighted by molar-refractivity contribution is 0.0598. The molecule has 0 amide bonds. The summed E-state index contributed by atoms with van der Waals surface area (Å²) in [4.78, 5) is 0. The standard InChI is InChI=1S/C18H30O2/c1-4-5-6-7-8-9-12-17-13-10-11-14-18(17)20-16(3)15(2)19/h10-11,13-16,19H,4-9,12H2,1-3H3. The molecule has 0 heterocycles. The molecule has 0 aliphatic rings. The summed E-state index contributed by atoms with van der Waals surface area (Å²) in [5.74, 6) is 0.925. The molecule has 0 saturated carbocycles. The number of hydrogen-bond acceptors (Lipinski definition) is 2. The van der Waals surface area contributed by atoms with Gasteiger partial charge in [-0.15, -0.1) is 0 Å². The van der Waals surface area contributed by atoms with Crippen LogP contribution in [-0.2, 0) is 6.42 Å². The van der Waals surface area contributed by atoms with Crippen LogP contribution >= 0.6 is 0 Å². The molecule has 0 fully saturated rings. The smallest absolute Gasteiger partial charge is 0.123 e. The molecule has 1 rings (SSSR count). The fourth-order valence-corrected chi connectivity index (χ4v) is 2.22. The zero-order valence-electron chi connectivity index (χ0n) is 13.3. The van der Waals surface area contributed by atoms with Gasteiger partial charge in [-0.25, -0.2) is 0 Å². The largest absolute Gasteiger partial charge is 0.488 e. The molecular weight excluding hydrogens is 248 g/mol. The Morgan fingerprint density at radius 3 is 2.35 bits per heavy atom. The van der Waals surface area contributed by atoms with E-state index >= 15 is 0 Å². The second-order valence-electron chi connectivity index (χ2n) is 5.69. The van der Waals surface area contributed by atoms with Gasteiger partial charge in [0.05, 0.1) is 6.10 Å². The van der Waals surface area contributed by atoms with Crippen molar-refractivity contribution in [2.24, 2.45) is 0 Å². The lowest BCUT2D eigenvalue weighted by Gasteiger charge is -2.19. The topological polar surface area (TPSA) is 29.5 Å². The molecule has 0 saturated heterocycles. The van der Waals surface area contributed by atoms with Gasteiger partial charge in [-0.1, -0.05) is 57.2 Å². The average molecular weight is 278 g/mol. The summed E-state index contributed by atoms with van der Waals surface area (Å²) in [6.07, 6.45) is 8.30. The maximum atomic E-state index is 9.54.